The van der Waals surface area contributed by atoms with Crippen LogP contribution in [0.4, 0.5) is 32.4 Å². The zero-order chi connectivity index (χ0) is 24.0. The molecule has 1 fully saturated rings. The summed E-state index contributed by atoms with van der Waals surface area (Å²) in [5.74, 6) is -3.64. The molecule has 16 heteroatoms. The fraction of sp³-hybridized carbons (Fsp3) is 0.353. The smallest absolute Gasteiger partial charge is 0.425 e. The molecule has 0 saturated carbocycles. The summed E-state index contributed by atoms with van der Waals surface area (Å²) in [6.07, 6.45) is -5.04. The first-order valence-corrected chi connectivity index (χ1v) is 9.13. The molecule has 11 nitrogen and oxygen atoms in total. The molecular weight excluding hydrogens is 463 g/mol. The van der Waals surface area contributed by atoms with E-state index in [0.717, 1.165) is 11.1 Å². The molecule has 0 radical (unpaired) electrons. The fourth-order valence-corrected chi connectivity index (χ4v) is 3.22. The number of nitrogens with zero attached hydrogens (tertiary/aromatic N) is 4. The van der Waals surface area contributed by atoms with Crippen LogP contribution >= 0.6 is 0 Å². The monoisotopic (exact) mass is 476 g/mol. The lowest BCUT2D eigenvalue weighted by atomic mass is 10.2. The number of H-pyrrole nitrogens is 2. The molecule has 0 spiro atoms. The van der Waals surface area contributed by atoms with E-state index in [0.29, 0.717) is 0 Å². The van der Waals surface area contributed by atoms with Crippen molar-refractivity contribution in [2.24, 2.45) is 0 Å². The van der Waals surface area contributed by atoms with Gasteiger partial charge in [0.25, 0.3) is 5.56 Å². The van der Waals surface area contributed by atoms with Crippen molar-refractivity contribution in [1.82, 2.24) is 24.6 Å². The van der Waals surface area contributed by atoms with E-state index in [1.165, 1.54) is 23.0 Å². The Kier molecular flexibility index (Phi) is 5.29. The average Bonchev–Trinajstić information content (AvgIpc) is 3.29. The minimum atomic E-state index is -4.84. The van der Waals surface area contributed by atoms with Crippen molar-refractivity contribution in [2.75, 3.05) is 24.6 Å². The molecular formula is C17H13F5N6O5. The Balaban J connectivity index is 1.64. The van der Waals surface area contributed by atoms with Crippen molar-refractivity contribution in [3.63, 3.8) is 0 Å². The van der Waals surface area contributed by atoms with Gasteiger partial charge in [0.1, 0.15) is 5.69 Å². The number of hydrogen-bond acceptors (Lipinski definition) is 8. The van der Waals surface area contributed by atoms with Crippen molar-refractivity contribution in [1.29, 1.82) is 0 Å². The van der Waals surface area contributed by atoms with Gasteiger partial charge in [0.15, 0.2) is 18.4 Å². The van der Waals surface area contributed by atoms with Crippen molar-refractivity contribution in [3.8, 4) is 11.3 Å². The van der Waals surface area contributed by atoms with E-state index >= 15 is 0 Å². The van der Waals surface area contributed by atoms with Gasteiger partial charge in [0.05, 0.1) is 24.3 Å². The second kappa shape index (κ2) is 7.86. The summed E-state index contributed by atoms with van der Waals surface area (Å²) in [6.45, 7) is -3.57. The third-order valence-corrected chi connectivity index (χ3v) is 4.63. The number of anilines is 1. The number of aromatic amines is 2. The van der Waals surface area contributed by atoms with Gasteiger partial charge in [0.2, 0.25) is 0 Å². The van der Waals surface area contributed by atoms with Gasteiger partial charge in [0, 0.05) is 18.6 Å². The maximum atomic E-state index is 14.5. The fourth-order valence-electron chi connectivity index (χ4n) is 3.22. The number of fused-ring (bicyclic) bond motifs is 1. The topological polar surface area (TPSA) is 135 Å². The largest absolute Gasteiger partial charge is 0.509 e. The summed E-state index contributed by atoms with van der Waals surface area (Å²) >= 11 is 0. The minimum Gasteiger partial charge on any atom is -0.425 e. The first-order valence-electron chi connectivity index (χ1n) is 9.13. The van der Waals surface area contributed by atoms with Gasteiger partial charge in [-0.05, 0) is 6.07 Å². The maximum Gasteiger partial charge on any atom is 0.509 e. The quantitative estimate of drug-likeness (QED) is 0.425. The molecule has 0 bridgehead atoms. The van der Waals surface area contributed by atoms with Gasteiger partial charge >= 0.3 is 23.9 Å². The Morgan fingerprint density at radius 1 is 1.30 bits per heavy atom. The van der Waals surface area contributed by atoms with E-state index in [1.807, 2.05) is 4.98 Å². The summed E-state index contributed by atoms with van der Waals surface area (Å²) in [6, 6.07) is 1.27. The summed E-state index contributed by atoms with van der Waals surface area (Å²) in [5.41, 5.74) is -1.41. The number of nitrogens with one attached hydrogen (secondary N) is 2. The predicted octanol–water partition coefficient (Wildman–Crippen LogP) is 1.31. The lowest BCUT2D eigenvalue weighted by molar-refractivity contribution is -0.171. The second-order valence-electron chi connectivity index (χ2n) is 7.00. The first kappa shape index (κ1) is 22.2. The molecule has 176 valence electrons. The van der Waals surface area contributed by atoms with Gasteiger partial charge in [-0.3, -0.25) is 9.78 Å². The molecule has 1 atom stereocenters. The van der Waals surface area contributed by atoms with Crippen LogP contribution < -0.4 is 16.1 Å². The Morgan fingerprint density at radius 2 is 2.06 bits per heavy atom. The van der Waals surface area contributed by atoms with Gasteiger partial charge in [-0.15, -0.1) is 0 Å². The maximum absolute atomic E-state index is 14.5. The lowest BCUT2D eigenvalue weighted by Gasteiger charge is -2.19. The molecule has 0 aliphatic carbocycles. The number of rotatable bonds is 4. The molecule has 4 heterocycles. The number of carbonyl (C=O) groups excluding carboxylic acids is 1. The average molecular weight is 476 g/mol. The van der Waals surface area contributed by atoms with Crippen LogP contribution in [-0.2, 0) is 9.47 Å². The summed E-state index contributed by atoms with van der Waals surface area (Å²) in [5, 5.41) is 4.17. The van der Waals surface area contributed by atoms with Crippen LogP contribution in [0.15, 0.2) is 34.2 Å². The summed E-state index contributed by atoms with van der Waals surface area (Å²) < 4.78 is 75.0. The molecule has 1 aliphatic rings. The molecule has 2 N–H and O–H groups in total. The predicted molar refractivity (Wildman–Crippen MR) is 99.1 cm³/mol. The number of carbonyl (C=O) groups is 1. The zero-order valence-corrected chi connectivity index (χ0v) is 16.2. The van der Waals surface area contributed by atoms with E-state index in [9.17, 15) is 36.3 Å². The van der Waals surface area contributed by atoms with Crippen LogP contribution in [0.2, 0.25) is 0 Å². The minimum absolute atomic E-state index is 0.00488. The molecule has 1 aliphatic heterocycles. The first-order chi connectivity index (χ1) is 15.4. The molecule has 0 unspecified atom stereocenters. The second-order valence-corrected chi connectivity index (χ2v) is 7.00. The highest BCUT2D eigenvalue weighted by Gasteiger charge is 2.52. The van der Waals surface area contributed by atoms with E-state index in [1.54, 1.807) is 0 Å². The number of imidazole rings is 1. The van der Waals surface area contributed by atoms with E-state index < -0.39 is 55.3 Å². The number of halogens is 5. The highest BCUT2D eigenvalue weighted by atomic mass is 19.4. The standard InChI is InChI=1S/C17H13F5N6O5/c18-16(19)6-27(5-11(16)33-15(31)32-7-17(20,21)22)10-3-9(26-28-2-1-23-12(10)28)8-4-24-14(30)25-13(8)29/h1-4,11H,5-7H2,(H2,24,25,29,30)/t11-/m1/s1. The van der Waals surface area contributed by atoms with Crippen molar-refractivity contribution >= 4 is 17.5 Å². The number of alkyl halides is 5. The molecule has 0 aromatic carbocycles. The molecule has 4 rings (SSSR count). The van der Waals surface area contributed by atoms with E-state index in [2.05, 4.69) is 24.5 Å². The Hall–Kier alpha value is -3.98. The third-order valence-electron chi connectivity index (χ3n) is 4.63. The lowest BCUT2D eigenvalue weighted by Crippen LogP contribution is -2.36. The normalized spacial score (nSPS) is 18.0. The number of hydrogen-bond donors (Lipinski definition) is 2. The van der Waals surface area contributed by atoms with E-state index in [-0.39, 0.29) is 22.6 Å². The molecule has 0 amide bonds. The number of ether oxygens (including phenoxy) is 2. The summed E-state index contributed by atoms with van der Waals surface area (Å²) in [7, 11) is 0. The van der Waals surface area contributed by atoms with Crippen molar-refractivity contribution < 1.29 is 36.2 Å². The Morgan fingerprint density at radius 3 is 2.76 bits per heavy atom. The summed E-state index contributed by atoms with van der Waals surface area (Å²) in [4.78, 5) is 44.3. The molecule has 1 saturated heterocycles. The molecule has 33 heavy (non-hydrogen) atoms. The van der Waals surface area contributed by atoms with Crippen molar-refractivity contribution in [3.05, 3.63) is 45.5 Å². The Bertz CT molecular complexity index is 1320. The van der Waals surface area contributed by atoms with E-state index in [4.69, 9.17) is 0 Å². The SMILES string of the molecule is O=C(OCC(F)(F)F)O[C@@H]1CN(c2cc(-c3c[nH]c(=O)[nH]c3=O)nn3ccnc23)CC1(F)F. The van der Waals surface area contributed by atoms with Crippen molar-refractivity contribution in [2.45, 2.75) is 18.2 Å². The van der Waals surface area contributed by atoms with Crippen LogP contribution in [0.25, 0.3) is 16.9 Å². The highest BCUT2D eigenvalue weighted by Crippen LogP contribution is 2.36. The molecule has 3 aromatic heterocycles. The van der Waals surface area contributed by atoms with Gasteiger partial charge in [-0.2, -0.15) is 18.3 Å². The molecule has 3 aromatic rings. The van der Waals surface area contributed by atoms with Gasteiger partial charge < -0.3 is 19.4 Å². The van der Waals surface area contributed by atoms with Crippen LogP contribution in [0.1, 0.15) is 0 Å². The highest BCUT2D eigenvalue weighted by molar-refractivity contribution is 5.75. The zero-order valence-electron chi connectivity index (χ0n) is 16.2. The van der Waals surface area contributed by atoms with Crippen LogP contribution in [0.5, 0.6) is 0 Å². The van der Waals surface area contributed by atoms with Crippen LogP contribution in [0, 0.1) is 0 Å². The Labute approximate surface area is 178 Å². The van der Waals surface area contributed by atoms with Gasteiger partial charge in [-0.25, -0.2) is 27.9 Å². The van der Waals surface area contributed by atoms with Gasteiger partial charge in [-0.1, -0.05) is 0 Å². The van der Waals surface area contributed by atoms with Crippen LogP contribution in [0.3, 0.4) is 0 Å². The third kappa shape index (κ3) is 4.63. The van der Waals surface area contributed by atoms with Crippen LogP contribution in [-0.4, -0.2) is 68.6 Å². The number of aromatic nitrogens is 5.